The summed E-state index contributed by atoms with van der Waals surface area (Å²) in [5.41, 5.74) is 1.66. The summed E-state index contributed by atoms with van der Waals surface area (Å²) in [4.78, 5) is 24.1. The molecule has 0 fully saturated rings. The monoisotopic (exact) mass is 286 g/mol. The molecule has 1 N–H and O–H groups in total. The number of nitrogens with one attached hydrogen (secondary N) is 1. The molecule has 6 nitrogen and oxygen atoms in total. The summed E-state index contributed by atoms with van der Waals surface area (Å²) < 4.78 is 2.92. The number of amides is 1. The second kappa shape index (κ2) is 5.55. The Bertz CT molecular complexity index is 712. The molecule has 6 heteroatoms. The van der Waals surface area contributed by atoms with Crippen LogP contribution >= 0.6 is 0 Å². The number of benzene rings is 1. The van der Waals surface area contributed by atoms with Gasteiger partial charge in [0.05, 0.1) is 0 Å². The normalized spacial score (nSPS) is 13.8. The van der Waals surface area contributed by atoms with Gasteiger partial charge in [0.2, 0.25) is 5.91 Å². The third-order valence-electron chi connectivity index (χ3n) is 3.66. The molecular weight excluding hydrogens is 268 g/mol. The molecule has 0 unspecified atom stereocenters. The smallest absolute Gasteiger partial charge is 0.324 e. The van der Waals surface area contributed by atoms with Crippen LogP contribution in [0, 0.1) is 6.92 Å². The van der Waals surface area contributed by atoms with Gasteiger partial charge in [0, 0.05) is 18.7 Å². The number of fused-ring (bicyclic) bond motifs is 1. The van der Waals surface area contributed by atoms with E-state index in [0.29, 0.717) is 6.54 Å². The third-order valence-corrected chi connectivity index (χ3v) is 3.66. The summed E-state index contributed by atoms with van der Waals surface area (Å²) in [5.74, 6) is 0.547. The van der Waals surface area contributed by atoms with Crippen LogP contribution in [0.2, 0.25) is 0 Å². The van der Waals surface area contributed by atoms with Crippen LogP contribution in [-0.2, 0) is 24.3 Å². The average Bonchev–Trinajstić information content (AvgIpc) is 2.78. The van der Waals surface area contributed by atoms with Crippen molar-refractivity contribution in [1.29, 1.82) is 0 Å². The zero-order valence-electron chi connectivity index (χ0n) is 12.0. The molecule has 0 spiro atoms. The minimum Gasteiger partial charge on any atom is -0.324 e. The number of aromatic nitrogens is 3. The van der Waals surface area contributed by atoms with E-state index in [2.05, 4.69) is 10.4 Å². The molecule has 3 rings (SSSR count). The van der Waals surface area contributed by atoms with Crippen LogP contribution in [0.1, 0.15) is 24.2 Å². The van der Waals surface area contributed by atoms with E-state index in [0.717, 1.165) is 36.3 Å². The van der Waals surface area contributed by atoms with Crippen LogP contribution in [-0.4, -0.2) is 20.3 Å². The number of hydrogen-bond acceptors (Lipinski definition) is 3. The van der Waals surface area contributed by atoms with E-state index in [1.807, 2.05) is 31.2 Å². The molecule has 21 heavy (non-hydrogen) atoms. The second-order valence-electron chi connectivity index (χ2n) is 5.38. The fourth-order valence-corrected chi connectivity index (χ4v) is 2.52. The Morgan fingerprint density at radius 2 is 2.05 bits per heavy atom. The maximum Gasteiger partial charge on any atom is 0.346 e. The lowest BCUT2D eigenvalue weighted by molar-refractivity contribution is -0.117. The number of carbonyl (C=O) groups excluding carboxylic acids is 1. The Labute approximate surface area is 122 Å². The molecule has 0 atom stereocenters. The van der Waals surface area contributed by atoms with Crippen molar-refractivity contribution in [2.45, 2.75) is 39.3 Å². The van der Waals surface area contributed by atoms with Crippen molar-refractivity contribution >= 4 is 11.6 Å². The van der Waals surface area contributed by atoms with Gasteiger partial charge in [-0.2, -0.15) is 5.10 Å². The number of aryl methyl sites for hydroxylation is 2. The molecule has 2 aromatic rings. The van der Waals surface area contributed by atoms with E-state index >= 15 is 0 Å². The van der Waals surface area contributed by atoms with E-state index in [1.165, 1.54) is 4.68 Å². The molecule has 0 radical (unpaired) electrons. The van der Waals surface area contributed by atoms with Gasteiger partial charge >= 0.3 is 5.69 Å². The molecule has 0 saturated carbocycles. The number of carbonyl (C=O) groups is 1. The molecule has 110 valence electrons. The molecule has 1 aliphatic heterocycles. The standard InChI is InChI=1S/C15H18N4O2/c1-11-5-7-12(8-6-11)16-14(20)10-19-15(21)18-9-3-2-4-13(18)17-19/h5-8H,2-4,9-10H2,1H3,(H,16,20). The fraction of sp³-hybridized carbons (Fsp3) is 0.400. The minimum atomic E-state index is -0.239. The topological polar surface area (TPSA) is 68.9 Å². The van der Waals surface area contributed by atoms with Crippen molar-refractivity contribution in [3.8, 4) is 0 Å². The number of hydrogen-bond donors (Lipinski definition) is 1. The predicted molar refractivity (Wildman–Crippen MR) is 79.2 cm³/mol. The zero-order valence-corrected chi connectivity index (χ0v) is 12.0. The van der Waals surface area contributed by atoms with Gasteiger partial charge in [0.1, 0.15) is 12.4 Å². The first-order valence-electron chi connectivity index (χ1n) is 7.16. The van der Waals surface area contributed by atoms with E-state index in [9.17, 15) is 9.59 Å². The first kappa shape index (κ1) is 13.6. The maximum atomic E-state index is 12.1. The molecule has 1 amide bonds. The molecule has 0 saturated heterocycles. The first-order valence-corrected chi connectivity index (χ1v) is 7.16. The van der Waals surface area contributed by atoms with Crippen LogP contribution in [0.5, 0.6) is 0 Å². The lowest BCUT2D eigenvalue weighted by Crippen LogP contribution is -2.30. The van der Waals surface area contributed by atoms with Gasteiger partial charge < -0.3 is 5.32 Å². The molecule has 2 heterocycles. The average molecular weight is 286 g/mol. The maximum absolute atomic E-state index is 12.1. The van der Waals surface area contributed by atoms with Crippen molar-refractivity contribution in [3.05, 3.63) is 46.1 Å². The zero-order chi connectivity index (χ0) is 14.8. The quantitative estimate of drug-likeness (QED) is 0.925. The first-order chi connectivity index (χ1) is 10.1. The molecule has 0 aliphatic carbocycles. The highest BCUT2D eigenvalue weighted by molar-refractivity contribution is 5.90. The van der Waals surface area contributed by atoms with Crippen molar-refractivity contribution in [2.75, 3.05) is 5.32 Å². The highest BCUT2D eigenvalue weighted by Gasteiger charge is 2.17. The summed E-state index contributed by atoms with van der Waals surface area (Å²) in [5, 5.41) is 7.03. The summed E-state index contributed by atoms with van der Waals surface area (Å²) in [6.07, 6.45) is 2.85. The van der Waals surface area contributed by atoms with Gasteiger partial charge in [-0.15, -0.1) is 0 Å². The number of rotatable bonds is 3. The summed E-state index contributed by atoms with van der Waals surface area (Å²) >= 11 is 0. The lowest BCUT2D eigenvalue weighted by Gasteiger charge is -2.09. The van der Waals surface area contributed by atoms with Gasteiger partial charge in [-0.05, 0) is 31.9 Å². The van der Waals surface area contributed by atoms with Gasteiger partial charge in [-0.1, -0.05) is 17.7 Å². The Hall–Kier alpha value is -2.37. The van der Waals surface area contributed by atoms with E-state index < -0.39 is 0 Å². The Morgan fingerprint density at radius 3 is 2.76 bits per heavy atom. The highest BCUT2D eigenvalue weighted by Crippen LogP contribution is 2.10. The second-order valence-corrected chi connectivity index (χ2v) is 5.38. The van der Waals surface area contributed by atoms with Gasteiger partial charge in [-0.3, -0.25) is 9.36 Å². The van der Waals surface area contributed by atoms with E-state index in [-0.39, 0.29) is 18.1 Å². The van der Waals surface area contributed by atoms with Crippen molar-refractivity contribution in [2.24, 2.45) is 0 Å². The van der Waals surface area contributed by atoms with Crippen LogP contribution in [0.4, 0.5) is 5.69 Å². The molecular formula is C15H18N4O2. The Kier molecular flexibility index (Phi) is 3.60. The lowest BCUT2D eigenvalue weighted by atomic mass is 10.2. The largest absolute Gasteiger partial charge is 0.346 e. The van der Waals surface area contributed by atoms with Crippen LogP contribution in [0.3, 0.4) is 0 Å². The summed E-state index contributed by atoms with van der Waals surface area (Å²) in [6, 6.07) is 7.54. The van der Waals surface area contributed by atoms with Crippen molar-refractivity contribution < 1.29 is 4.79 Å². The van der Waals surface area contributed by atoms with Crippen LogP contribution < -0.4 is 11.0 Å². The van der Waals surface area contributed by atoms with Crippen molar-refractivity contribution in [3.63, 3.8) is 0 Å². The number of anilines is 1. The summed E-state index contributed by atoms with van der Waals surface area (Å²) in [7, 11) is 0. The molecule has 1 aromatic heterocycles. The molecule has 1 aliphatic rings. The van der Waals surface area contributed by atoms with E-state index in [4.69, 9.17) is 0 Å². The van der Waals surface area contributed by atoms with Crippen molar-refractivity contribution in [1.82, 2.24) is 14.3 Å². The SMILES string of the molecule is Cc1ccc(NC(=O)Cn2nc3n(c2=O)CCCC3)cc1. The highest BCUT2D eigenvalue weighted by atomic mass is 16.2. The fourth-order valence-electron chi connectivity index (χ4n) is 2.52. The predicted octanol–water partition coefficient (Wildman–Crippen LogP) is 1.33. The minimum absolute atomic E-state index is 0.0489. The molecule has 0 bridgehead atoms. The number of nitrogens with zero attached hydrogens (tertiary/aromatic N) is 3. The van der Waals surface area contributed by atoms with Crippen LogP contribution in [0.15, 0.2) is 29.1 Å². The van der Waals surface area contributed by atoms with Gasteiger partial charge in [0.15, 0.2) is 0 Å². The van der Waals surface area contributed by atoms with Gasteiger partial charge in [0.25, 0.3) is 0 Å². The summed E-state index contributed by atoms with van der Waals surface area (Å²) in [6.45, 7) is 2.64. The van der Waals surface area contributed by atoms with E-state index in [1.54, 1.807) is 4.57 Å². The Morgan fingerprint density at radius 1 is 1.29 bits per heavy atom. The van der Waals surface area contributed by atoms with Gasteiger partial charge in [-0.25, -0.2) is 9.48 Å². The third kappa shape index (κ3) is 2.89. The molecule has 1 aromatic carbocycles. The van der Waals surface area contributed by atoms with Crippen LogP contribution in [0.25, 0.3) is 0 Å². The Balaban J connectivity index is 1.71.